The minimum atomic E-state index is -0.888. The molecule has 1 N–H and O–H groups in total. The van der Waals surface area contributed by atoms with Crippen LogP contribution < -0.4 is 9.64 Å². The Morgan fingerprint density at radius 2 is 1.69 bits per heavy atom. The largest absolute Gasteiger partial charge is 0.507 e. The molecule has 1 aromatic heterocycles. The zero-order valence-electron chi connectivity index (χ0n) is 23.8. The molecule has 7 nitrogen and oxygen atoms in total. The minimum Gasteiger partial charge on any atom is -0.507 e. The summed E-state index contributed by atoms with van der Waals surface area (Å²) in [6.45, 7) is 2.43. The molecule has 0 radical (unpaired) electrons. The van der Waals surface area contributed by atoms with Gasteiger partial charge in [0.05, 0.1) is 11.6 Å². The number of Topliss-reactive ketones (excluding diaryl/α,β-unsaturated/α-hetero) is 1. The smallest absolute Gasteiger partial charge is 0.301 e. The van der Waals surface area contributed by atoms with Gasteiger partial charge in [-0.25, -0.2) is 0 Å². The third kappa shape index (κ3) is 6.94. The number of aliphatic hydroxyl groups is 1. The molecule has 0 bridgehead atoms. The van der Waals surface area contributed by atoms with Gasteiger partial charge >= 0.3 is 5.91 Å². The molecule has 0 aliphatic carbocycles. The maximum Gasteiger partial charge on any atom is 0.301 e. The van der Waals surface area contributed by atoms with Crippen molar-refractivity contribution in [3.63, 3.8) is 0 Å². The Labute approximate surface area is 287 Å². The van der Waals surface area contributed by atoms with Crippen molar-refractivity contribution in [2.45, 2.75) is 29.7 Å². The standard InChI is InChI=1S/C34H25ClIN3O4S2/c1-20-4-2-3-5-24(20)18-43-27-16-10-23(11-17-27)30(40)28-29(22-8-14-26(36)15-9-22)39(32(42)31(28)41)33-37-38-34(45-33)44-19-21-6-12-25(35)13-7-21/h2-17,29,40H,18-19H2,1H3/b30-28+. The first-order chi connectivity index (χ1) is 21.8. The number of ether oxygens (including phenoxy) is 1. The third-order valence-electron chi connectivity index (χ3n) is 7.29. The Morgan fingerprint density at radius 3 is 2.40 bits per heavy atom. The van der Waals surface area contributed by atoms with Crippen molar-refractivity contribution in [1.82, 2.24) is 10.2 Å². The van der Waals surface area contributed by atoms with Gasteiger partial charge in [-0.05, 0) is 100 Å². The molecule has 11 heteroatoms. The Balaban J connectivity index is 1.29. The topological polar surface area (TPSA) is 92.6 Å². The third-order valence-corrected chi connectivity index (χ3v) is 10.4. The van der Waals surface area contributed by atoms with Crippen LogP contribution in [0.5, 0.6) is 5.75 Å². The maximum atomic E-state index is 13.6. The van der Waals surface area contributed by atoms with E-state index in [-0.39, 0.29) is 16.5 Å². The second-order valence-electron chi connectivity index (χ2n) is 10.2. The van der Waals surface area contributed by atoms with Crippen LogP contribution in [0.25, 0.3) is 5.76 Å². The van der Waals surface area contributed by atoms with Crippen molar-refractivity contribution < 1.29 is 19.4 Å². The lowest BCUT2D eigenvalue weighted by Gasteiger charge is -2.22. The number of hydrogen-bond donors (Lipinski definition) is 1. The fourth-order valence-corrected chi connectivity index (χ4v) is 7.18. The lowest BCUT2D eigenvalue weighted by atomic mass is 9.95. The zero-order valence-corrected chi connectivity index (χ0v) is 28.4. The molecule has 1 amide bonds. The Hall–Kier alpha value is -3.71. The lowest BCUT2D eigenvalue weighted by molar-refractivity contribution is -0.132. The van der Waals surface area contributed by atoms with E-state index in [9.17, 15) is 14.7 Å². The summed E-state index contributed by atoms with van der Waals surface area (Å²) in [5.74, 6) is -0.589. The number of aromatic nitrogens is 2. The number of amides is 1. The molecule has 5 aromatic rings. The lowest BCUT2D eigenvalue weighted by Crippen LogP contribution is -2.29. The minimum absolute atomic E-state index is 0.0136. The zero-order chi connectivity index (χ0) is 31.5. The van der Waals surface area contributed by atoms with Gasteiger partial charge in [-0.3, -0.25) is 14.5 Å². The molecule has 45 heavy (non-hydrogen) atoms. The van der Waals surface area contributed by atoms with Crippen LogP contribution in [-0.2, 0) is 21.9 Å². The number of halogens is 2. The molecular formula is C34H25ClIN3O4S2. The number of carbonyl (C=O) groups excluding carboxylic acids is 2. The van der Waals surface area contributed by atoms with Gasteiger partial charge in [-0.2, -0.15) is 0 Å². The number of aryl methyl sites for hydroxylation is 1. The summed E-state index contributed by atoms with van der Waals surface area (Å²) in [5.41, 5.74) is 4.32. The first-order valence-electron chi connectivity index (χ1n) is 13.8. The van der Waals surface area contributed by atoms with Gasteiger partial charge in [-0.15, -0.1) is 10.2 Å². The van der Waals surface area contributed by atoms with Crippen molar-refractivity contribution in [2.24, 2.45) is 0 Å². The predicted octanol–water partition coefficient (Wildman–Crippen LogP) is 8.60. The summed E-state index contributed by atoms with van der Waals surface area (Å²) < 4.78 is 7.59. The van der Waals surface area contributed by atoms with E-state index < -0.39 is 17.7 Å². The van der Waals surface area contributed by atoms with Gasteiger partial charge in [0.2, 0.25) is 5.13 Å². The molecule has 1 aliphatic rings. The summed E-state index contributed by atoms with van der Waals surface area (Å²) in [5, 5.41) is 21.0. The number of anilines is 1. The second kappa shape index (κ2) is 13.7. The van der Waals surface area contributed by atoms with E-state index in [0.29, 0.717) is 38.6 Å². The molecular weight excluding hydrogens is 741 g/mol. The Morgan fingerprint density at radius 1 is 0.978 bits per heavy atom. The summed E-state index contributed by atoms with van der Waals surface area (Å²) in [4.78, 5) is 28.4. The van der Waals surface area contributed by atoms with Gasteiger partial charge < -0.3 is 9.84 Å². The fourth-order valence-electron chi connectivity index (χ4n) is 4.87. The molecule has 2 heterocycles. The van der Waals surface area contributed by atoms with E-state index in [1.165, 1.54) is 28.0 Å². The van der Waals surface area contributed by atoms with E-state index in [4.69, 9.17) is 16.3 Å². The molecule has 1 unspecified atom stereocenters. The first kappa shape index (κ1) is 31.3. The van der Waals surface area contributed by atoms with Crippen LogP contribution in [0.4, 0.5) is 5.13 Å². The van der Waals surface area contributed by atoms with E-state index in [1.807, 2.05) is 79.7 Å². The summed E-state index contributed by atoms with van der Waals surface area (Å²) in [6, 6.07) is 28.9. The highest BCUT2D eigenvalue weighted by Crippen LogP contribution is 2.44. The predicted molar refractivity (Wildman–Crippen MR) is 187 cm³/mol. The molecule has 1 atom stereocenters. The van der Waals surface area contributed by atoms with Crippen LogP contribution in [0.15, 0.2) is 107 Å². The SMILES string of the molecule is Cc1ccccc1COc1ccc(/C(O)=C2\C(=O)C(=O)N(c3nnc(SCc4ccc(Cl)cc4)s3)C2c2ccc(I)cc2)cc1. The number of benzene rings is 4. The molecule has 1 fully saturated rings. The van der Waals surface area contributed by atoms with Crippen LogP contribution in [0.2, 0.25) is 5.02 Å². The number of carbonyl (C=O) groups is 2. The summed E-state index contributed by atoms with van der Waals surface area (Å²) >= 11 is 10.9. The number of nitrogens with zero attached hydrogens (tertiary/aromatic N) is 3. The second-order valence-corrected chi connectivity index (χ2v) is 14.1. The van der Waals surface area contributed by atoms with Crippen LogP contribution in [-0.4, -0.2) is 27.0 Å². The van der Waals surface area contributed by atoms with Gasteiger partial charge in [0.15, 0.2) is 4.34 Å². The molecule has 226 valence electrons. The normalized spacial score (nSPS) is 15.9. The molecule has 0 saturated carbocycles. The molecule has 1 aliphatic heterocycles. The number of ketones is 1. The van der Waals surface area contributed by atoms with E-state index in [0.717, 1.165) is 20.3 Å². The maximum absolute atomic E-state index is 13.6. The molecule has 1 saturated heterocycles. The van der Waals surface area contributed by atoms with Gasteiger partial charge in [-0.1, -0.05) is 83.2 Å². The Bertz CT molecular complexity index is 1890. The van der Waals surface area contributed by atoms with Gasteiger partial charge in [0.25, 0.3) is 5.78 Å². The van der Waals surface area contributed by atoms with Crippen LogP contribution in [0, 0.1) is 10.5 Å². The molecule has 4 aromatic carbocycles. The highest BCUT2D eigenvalue weighted by molar-refractivity contribution is 14.1. The van der Waals surface area contributed by atoms with Crippen LogP contribution in [0.1, 0.15) is 33.9 Å². The monoisotopic (exact) mass is 765 g/mol. The van der Waals surface area contributed by atoms with Crippen molar-refractivity contribution in [1.29, 1.82) is 0 Å². The first-order valence-corrected chi connectivity index (χ1v) is 17.1. The van der Waals surface area contributed by atoms with Crippen LogP contribution >= 0.6 is 57.3 Å². The van der Waals surface area contributed by atoms with Crippen LogP contribution in [0.3, 0.4) is 0 Å². The fraction of sp³-hybridized carbons (Fsp3) is 0.118. The van der Waals surface area contributed by atoms with Crippen molar-refractivity contribution in [2.75, 3.05) is 4.90 Å². The van der Waals surface area contributed by atoms with Crippen molar-refractivity contribution in [3.8, 4) is 5.75 Å². The quantitative estimate of drug-likeness (QED) is 0.0402. The van der Waals surface area contributed by atoms with Gasteiger partial charge in [0.1, 0.15) is 18.1 Å². The number of aliphatic hydroxyl groups excluding tert-OH is 1. The highest BCUT2D eigenvalue weighted by Gasteiger charge is 2.48. The average molecular weight is 766 g/mol. The van der Waals surface area contributed by atoms with E-state index >= 15 is 0 Å². The number of thioether (sulfide) groups is 1. The van der Waals surface area contributed by atoms with Gasteiger partial charge in [0, 0.05) is 19.9 Å². The van der Waals surface area contributed by atoms with Crippen molar-refractivity contribution >= 4 is 79.9 Å². The highest BCUT2D eigenvalue weighted by atomic mass is 127. The molecule has 6 rings (SSSR count). The average Bonchev–Trinajstić information content (AvgIpc) is 3.62. The number of rotatable bonds is 9. The summed E-state index contributed by atoms with van der Waals surface area (Å²) in [6.07, 6.45) is 0. The van der Waals surface area contributed by atoms with E-state index in [2.05, 4.69) is 32.8 Å². The van der Waals surface area contributed by atoms with Crippen molar-refractivity contribution in [3.05, 3.63) is 139 Å². The summed E-state index contributed by atoms with van der Waals surface area (Å²) in [7, 11) is 0. The Kier molecular flexibility index (Phi) is 9.55. The molecule has 0 spiro atoms. The number of hydrogen-bond acceptors (Lipinski definition) is 8. The van der Waals surface area contributed by atoms with E-state index in [1.54, 1.807) is 24.3 Å².